The lowest BCUT2D eigenvalue weighted by Crippen LogP contribution is -2.29. The summed E-state index contributed by atoms with van der Waals surface area (Å²) >= 11 is 6.12. The molecule has 1 saturated heterocycles. The molecule has 6 nitrogen and oxygen atoms in total. The Hall–Kier alpha value is -3.22. The van der Waals surface area contributed by atoms with E-state index in [1.807, 2.05) is 19.1 Å². The summed E-state index contributed by atoms with van der Waals surface area (Å²) in [6.07, 6.45) is 5.70. The predicted molar refractivity (Wildman–Crippen MR) is 135 cm³/mol. The first-order chi connectivity index (χ1) is 15.8. The number of benzene rings is 2. The standard InChI is InChI=1S/C14H14N4O.C12H16ClN/c1-8-6-9(4-5-18-8)13(16)11-7-10(14(17)19)2-3-12(11)15;13-12-7-3-2-6-11(12)10-14-8-4-1-5-9-14/h2-7,16H,15H2,1H3,(H2,17,19);2-3,6-7H,1,4-5,8-10H2. The fraction of sp³-hybridized carbons (Fsp3) is 0.269. The van der Waals surface area contributed by atoms with Crippen LogP contribution in [0.1, 0.15) is 52.0 Å². The Morgan fingerprint density at radius 3 is 2.45 bits per heavy atom. The Morgan fingerprint density at radius 2 is 1.79 bits per heavy atom. The molecule has 172 valence electrons. The smallest absolute Gasteiger partial charge is 0.248 e. The lowest BCUT2D eigenvalue weighted by molar-refractivity contribution is 0.100. The first-order valence-corrected chi connectivity index (χ1v) is 11.4. The van der Waals surface area contributed by atoms with Gasteiger partial charge in [0.05, 0.1) is 5.71 Å². The van der Waals surface area contributed by atoms with Crippen LogP contribution < -0.4 is 11.5 Å². The van der Waals surface area contributed by atoms with Crippen molar-refractivity contribution in [2.45, 2.75) is 32.7 Å². The fourth-order valence-corrected chi connectivity index (χ4v) is 3.96. The Bertz CT molecular complexity index is 1130. The number of aromatic nitrogens is 1. The molecule has 0 spiro atoms. The number of aryl methyl sites for hydroxylation is 1. The number of rotatable bonds is 5. The molecule has 1 aromatic heterocycles. The summed E-state index contributed by atoms with van der Waals surface area (Å²) in [4.78, 5) is 17.8. The highest BCUT2D eigenvalue weighted by atomic mass is 35.5. The van der Waals surface area contributed by atoms with Gasteiger partial charge in [0.2, 0.25) is 5.91 Å². The number of piperidine rings is 1. The van der Waals surface area contributed by atoms with Crippen molar-refractivity contribution < 1.29 is 4.79 Å². The normalized spacial score (nSPS) is 13.6. The van der Waals surface area contributed by atoms with Crippen LogP contribution in [0, 0.1) is 12.3 Å². The average molecular weight is 464 g/mol. The van der Waals surface area contributed by atoms with E-state index in [0.717, 1.165) is 17.3 Å². The Labute approximate surface area is 200 Å². The van der Waals surface area contributed by atoms with Crippen LogP contribution in [0.25, 0.3) is 0 Å². The molecule has 1 amide bonds. The maximum Gasteiger partial charge on any atom is 0.248 e. The van der Waals surface area contributed by atoms with Crippen molar-refractivity contribution in [1.29, 1.82) is 5.41 Å². The van der Waals surface area contributed by atoms with Crippen molar-refractivity contribution in [2.24, 2.45) is 5.73 Å². The van der Waals surface area contributed by atoms with Crippen LogP contribution in [0.4, 0.5) is 5.69 Å². The third-order valence-corrected chi connectivity index (χ3v) is 5.96. The molecule has 2 aromatic carbocycles. The third-order valence-electron chi connectivity index (χ3n) is 5.59. The SMILES string of the molecule is Cc1cc(C(=N)c2cc(C(N)=O)ccc2N)ccn1.Clc1ccccc1CN1CCCCC1. The molecular formula is C26H30ClN5O. The number of pyridine rings is 1. The zero-order chi connectivity index (χ0) is 23.8. The largest absolute Gasteiger partial charge is 0.398 e. The predicted octanol–water partition coefficient (Wildman–Crippen LogP) is 4.81. The van der Waals surface area contributed by atoms with Gasteiger partial charge in [-0.3, -0.25) is 20.1 Å². The molecule has 0 unspecified atom stereocenters. The molecule has 1 aliphatic rings. The molecule has 3 aromatic rings. The average Bonchev–Trinajstić information content (AvgIpc) is 2.81. The van der Waals surface area contributed by atoms with Gasteiger partial charge in [-0.05, 0) is 74.8 Å². The lowest BCUT2D eigenvalue weighted by Gasteiger charge is -2.26. The first-order valence-electron chi connectivity index (χ1n) is 11.0. The van der Waals surface area contributed by atoms with E-state index < -0.39 is 5.91 Å². The summed E-state index contributed by atoms with van der Waals surface area (Å²) < 4.78 is 0. The van der Waals surface area contributed by atoms with E-state index in [1.54, 1.807) is 30.5 Å². The lowest BCUT2D eigenvalue weighted by atomic mass is 9.99. The molecule has 2 heterocycles. The molecule has 5 N–H and O–H groups in total. The van der Waals surface area contributed by atoms with Gasteiger partial charge in [-0.15, -0.1) is 0 Å². The molecule has 33 heavy (non-hydrogen) atoms. The van der Waals surface area contributed by atoms with Crippen molar-refractivity contribution in [2.75, 3.05) is 18.8 Å². The number of nitrogen functional groups attached to an aromatic ring is 1. The van der Waals surface area contributed by atoms with Crippen LogP contribution in [0.3, 0.4) is 0 Å². The van der Waals surface area contributed by atoms with Crippen LogP contribution in [0.5, 0.6) is 0 Å². The number of halogens is 1. The third kappa shape index (κ3) is 6.88. The summed E-state index contributed by atoms with van der Waals surface area (Å²) in [5.41, 5.74) is 15.4. The maximum absolute atomic E-state index is 11.2. The zero-order valence-corrected chi connectivity index (χ0v) is 19.6. The van der Waals surface area contributed by atoms with Crippen LogP contribution >= 0.6 is 11.6 Å². The second-order valence-electron chi connectivity index (χ2n) is 8.16. The van der Waals surface area contributed by atoms with Crippen molar-refractivity contribution in [3.8, 4) is 0 Å². The van der Waals surface area contributed by atoms with E-state index in [1.165, 1.54) is 44.0 Å². The second kappa shape index (κ2) is 11.6. The highest BCUT2D eigenvalue weighted by Crippen LogP contribution is 2.20. The number of hydrogen-bond acceptors (Lipinski definition) is 5. The molecule has 0 radical (unpaired) electrons. The van der Waals surface area contributed by atoms with Crippen molar-refractivity contribution in [3.05, 3.63) is 93.8 Å². The van der Waals surface area contributed by atoms with E-state index >= 15 is 0 Å². The minimum atomic E-state index is -0.542. The van der Waals surface area contributed by atoms with Gasteiger partial charge in [0.15, 0.2) is 0 Å². The topological polar surface area (TPSA) is 109 Å². The second-order valence-corrected chi connectivity index (χ2v) is 8.56. The van der Waals surface area contributed by atoms with Gasteiger partial charge < -0.3 is 11.5 Å². The fourth-order valence-electron chi connectivity index (χ4n) is 3.77. The molecule has 0 bridgehead atoms. The van der Waals surface area contributed by atoms with E-state index in [4.69, 9.17) is 28.5 Å². The number of nitrogens with two attached hydrogens (primary N) is 2. The highest BCUT2D eigenvalue weighted by Gasteiger charge is 2.12. The van der Waals surface area contributed by atoms with Crippen LogP contribution in [-0.2, 0) is 6.54 Å². The first kappa shape index (κ1) is 24.4. The maximum atomic E-state index is 11.2. The van der Waals surface area contributed by atoms with Crippen molar-refractivity contribution >= 4 is 28.9 Å². The minimum Gasteiger partial charge on any atom is -0.398 e. The van der Waals surface area contributed by atoms with Gasteiger partial charge >= 0.3 is 0 Å². The van der Waals surface area contributed by atoms with Gasteiger partial charge in [0.25, 0.3) is 0 Å². The number of nitrogens with one attached hydrogen (secondary N) is 1. The molecule has 1 fully saturated rings. The van der Waals surface area contributed by atoms with E-state index in [2.05, 4.69) is 22.0 Å². The van der Waals surface area contributed by atoms with Gasteiger partial charge in [-0.25, -0.2) is 0 Å². The zero-order valence-electron chi connectivity index (χ0n) is 18.9. The Morgan fingerprint density at radius 1 is 1.06 bits per heavy atom. The number of hydrogen-bond donors (Lipinski definition) is 3. The van der Waals surface area contributed by atoms with E-state index in [9.17, 15) is 4.79 Å². The van der Waals surface area contributed by atoms with Crippen molar-refractivity contribution in [3.63, 3.8) is 0 Å². The van der Waals surface area contributed by atoms with Crippen molar-refractivity contribution in [1.82, 2.24) is 9.88 Å². The monoisotopic (exact) mass is 463 g/mol. The number of carbonyl (C=O) groups excluding carboxylic acids is 1. The van der Waals surface area contributed by atoms with Gasteiger partial charge in [-0.2, -0.15) is 0 Å². The number of amides is 1. The molecule has 1 aliphatic heterocycles. The number of nitrogens with zero attached hydrogens (tertiary/aromatic N) is 2. The van der Waals surface area contributed by atoms with Gasteiger partial charge in [-0.1, -0.05) is 36.2 Å². The molecule has 0 saturated carbocycles. The Kier molecular flexibility index (Phi) is 8.58. The van der Waals surface area contributed by atoms with E-state index in [-0.39, 0.29) is 5.71 Å². The molecule has 7 heteroatoms. The number of primary amides is 1. The molecular weight excluding hydrogens is 434 g/mol. The molecule has 4 rings (SSSR count). The summed E-state index contributed by atoms with van der Waals surface area (Å²) in [6, 6.07) is 16.3. The summed E-state index contributed by atoms with van der Waals surface area (Å²) in [6.45, 7) is 5.32. The molecule has 0 aliphatic carbocycles. The van der Waals surface area contributed by atoms with Gasteiger partial charge in [0.1, 0.15) is 0 Å². The summed E-state index contributed by atoms with van der Waals surface area (Å²) in [7, 11) is 0. The number of likely N-dealkylation sites (tertiary alicyclic amines) is 1. The van der Waals surface area contributed by atoms with Crippen LogP contribution in [0.2, 0.25) is 5.02 Å². The summed E-state index contributed by atoms with van der Waals surface area (Å²) in [5.74, 6) is -0.542. The van der Waals surface area contributed by atoms with Crippen LogP contribution in [0.15, 0.2) is 60.8 Å². The number of carbonyl (C=O) groups is 1. The summed E-state index contributed by atoms with van der Waals surface area (Å²) in [5, 5.41) is 9.09. The quantitative estimate of drug-likeness (QED) is 0.372. The minimum absolute atomic E-state index is 0.242. The Balaban J connectivity index is 0.000000194. The highest BCUT2D eigenvalue weighted by molar-refractivity contribution is 6.31. The molecule has 0 atom stereocenters. The van der Waals surface area contributed by atoms with E-state index in [0.29, 0.717) is 22.4 Å². The number of anilines is 1. The van der Waals surface area contributed by atoms with Gasteiger partial charge in [0, 0.05) is 45.8 Å². The van der Waals surface area contributed by atoms with Crippen LogP contribution in [-0.4, -0.2) is 34.6 Å².